The molecule has 33 heavy (non-hydrogen) atoms. The second-order valence-electron chi connectivity index (χ2n) is 7.68. The summed E-state index contributed by atoms with van der Waals surface area (Å²) in [6.07, 6.45) is 6.87. The zero-order valence-electron chi connectivity index (χ0n) is 18.7. The maximum absolute atomic E-state index is 12.5. The van der Waals surface area contributed by atoms with Gasteiger partial charge in [0, 0.05) is 23.5 Å². The second kappa shape index (κ2) is 10.4. The van der Waals surface area contributed by atoms with Crippen molar-refractivity contribution in [2.75, 3.05) is 0 Å². The molecule has 6 nitrogen and oxygen atoms in total. The third-order valence-electron chi connectivity index (χ3n) is 5.29. The van der Waals surface area contributed by atoms with Crippen molar-refractivity contribution in [3.8, 4) is 11.4 Å². The number of amides is 1. The van der Waals surface area contributed by atoms with Crippen molar-refractivity contribution in [3.63, 3.8) is 0 Å². The molecule has 6 heteroatoms. The lowest BCUT2D eigenvalue weighted by Crippen LogP contribution is -2.25. The first-order chi connectivity index (χ1) is 16.1. The fourth-order valence-corrected chi connectivity index (χ4v) is 3.50. The Hall–Kier alpha value is -4.19. The zero-order chi connectivity index (χ0) is 23.0. The Morgan fingerprint density at radius 2 is 1.82 bits per heavy atom. The molecule has 166 valence electrons. The van der Waals surface area contributed by atoms with E-state index >= 15 is 0 Å². The van der Waals surface area contributed by atoms with Crippen molar-refractivity contribution in [3.05, 3.63) is 114 Å². The maximum atomic E-state index is 12.5. The molecule has 4 rings (SSSR count). The van der Waals surface area contributed by atoms with Gasteiger partial charge < -0.3 is 10.1 Å². The Morgan fingerprint density at radius 1 is 1.06 bits per heavy atom. The Morgan fingerprint density at radius 3 is 2.55 bits per heavy atom. The highest BCUT2D eigenvalue weighted by atomic mass is 16.5. The molecule has 0 aliphatic carbocycles. The van der Waals surface area contributed by atoms with Gasteiger partial charge in [-0.2, -0.15) is 5.10 Å². The largest absolute Gasteiger partial charge is 0.487 e. The van der Waals surface area contributed by atoms with E-state index < -0.39 is 0 Å². The number of pyridine rings is 1. The van der Waals surface area contributed by atoms with Crippen LogP contribution in [0.1, 0.15) is 35.5 Å². The summed E-state index contributed by atoms with van der Waals surface area (Å²) in [5, 5.41) is 7.49. The van der Waals surface area contributed by atoms with Gasteiger partial charge in [0.1, 0.15) is 12.4 Å². The Labute approximate surface area is 193 Å². The number of nitrogens with one attached hydrogen (secondary N) is 1. The van der Waals surface area contributed by atoms with E-state index in [1.54, 1.807) is 18.5 Å². The number of hydrogen-bond acceptors (Lipinski definition) is 4. The van der Waals surface area contributed by atoms with Crippen molar-refractivity contribution >= 4 is 12.0 Å². The van der Waals surface area contributed by atoms with E-state index in [-0.39, 0.29) is 11.9 Å². The Balaban J connectivity index is 1.32. The molecular weight excluding hydrogens is 412 g/mol. The van der Waals surface area contributed by atoms with E-state index in [0.29, 0.717) is 6.61 Å². The van der Waals surface area contributed by atoms with Crippen LogP contribution in [0.25, 0.3) is 11.8 Å². The van der Waals surface area contributed by atoms with Gasteiger partial charge >= 0.3 is 0 Å². The van der Waals surface area contributed by atoms with Gasteiger partial charge in [-0.05, 0) is 61.9 Å². The molecule has 4 aromatic rings. The molecule has 0 spiro atoms. The standard InChI is InChI=1S/C27H26N4O2/c1-20(26-18-29-31(21(26)2)24-9-4-3-5-10-24)30-27(32)16-13-22-11-14-25(15-12-22)33-19-23-8-6-7-17-28-23/h3-18,20H,19H2,1-2H3,(H,30,32)/b16-13+. The van der Waals surface area contributed by atoms with E-state index in [1.807, 2.05) is 91.3 Å². The molecule has 0 bridgehead atoms. The number of aromatic nitrogens is 3. The average molecular weight is 439 g/mol. The van der Waals surface area contributed by atoms with Gasteiger partial charge in [-0.1, -0.05) is 36.4 Å². The third kappa shape index (κ3) is 5.74. The summed E-state index contributed by atoms with van der Waals surface area (Å²) < 4.78 is 7.63. The zero-order valence-corrected chi connectivity index (χ0v) is 18.7. The van der Waals surface area contributed by atoms with Crippen LogP contribution in [0.3, 0.4) is 0 Å². The monoisotopic (exact) mass is 438 g/mol. The molecule has 1 atom stereocenters. The highest BCUT2D eigenvalue weighted by Gasteiger charge is 2.15. The fourth-order valence-electron chi connectivity index (χ4n) is 3.50. The van der Waals surface area contributed by atoms with Crippen LogP contribution < -0.4 is 10.1 Å². The van der Waals surface area contributed by atoms with E-state index in [2.05, 4.69) is 15.4 Å². The summed E-state index contributed by atoms with van der Waals surface area (Å²) in [7, 11) is 0. The topological polar surface area (TPSA) is 69.0 Å². The number of carbonyl (C=O) groups is 1. The van der Waals surface area contributed by atoms with Crippen molar-refractivity contribution in [2.24, 2.45) is 0 Å². The maximum Gasteiger partial charge on any atom is 0.244 e. The smallest absolute Gasteiger partial charge is 0.244 e. The lowest BCUT2D eigenvalue weighted by Gasteiger charge is -2.13. The highest BCUT2D eigenvalue weighted by Crippen LogP contribution is 2.20. The average Bonchev–Trinajstić information content (AvgIpc) is 3.24. The number of rotatable bonds is 8. The number of hydrogen-bond donors (Lipinski definition) is 1. The summed E-state index contributed by atoms with van der Waals surface area (Å²) in [6, 6.07) is 23.1. The lowest BCUT2D eigenvalue weighted by atomic mass is 10.1. The van der Waals surface area contributed by atoms with Crippen molar-refractivity contribution in [1.82, 2.24) is 20.1 Å². The van der Waals surface area contributed by atoms with Crippen LogP contribution in [0.5, 0.6) is 5.75 Å². The minimum absolute atomic E-state index is 0.162. The van der Waals surface area contributed by atoms with E-state index in [9.17, 15) is 4.79 Å². The molecule has 0 aliphatic rings. The van der Waals surface area contributed by atoms with E-state index in [0.717, 1.165) is 34.0 Å². The minimum atomic E-state index is -0.165. The van der Waals surface area contributed by atoms with Crippen LogP contribution in [0.4, 0.5) is 0 Å². The van der Waals surface area contributed by atoms with Crippen molar-refractivity contribution in [2.45, 2.75) is 26.5 Å². The molecule has 1 unspecified atom stereocenters. The van der Waals surface area contributed by atoms with Crippen LogP contribution in [0.2, 0.25) is 0 Å². The second-order valence-corrected chi connectivity index (χ2v) is 7.68. The summed E-state index contributed by atoms with van der Waals surface area (Å²) in [5.74, 6) is 0.589. The minimum Gasteiger partial charge on any atom is -0.487 e. The number of nitrogens with zero attached hydrogens (tertiary/aromatic N) is 3. The summed E-state index contributed by atoms with van der Waals surface area (Å²) >= 11 is 0. The molecule has 1 amide bonds. The lowest BCUT2D eigenvalue weighted by molar-refractivity contribution is -0.117. The molecule has 1 N–H and O–H groups in total. The van der Waals surface area contributed by atoms with Crippen molar-refractivity contribution in [1.29, 1.82) is 0 Å². The predicted molar refractivity (Wildman–Crippen MR) is 129 cm³/mol. The van der Waals surface area contributed by atoms with Gasteiger partial charge in [0.25, 0.3) is 0 Å². The molecule has 2 aromatic heterocycles. The number of ether oxygens (including phenoxy) is 1. The van der Waals surface area contributed by atoms with Gasteiger partial charge in [-0.15, -0.1) is 0 Å². The first-order valence-electron chi connectivity index (χ1n) is 10.8. The van der Waals surface area contributed by atoms with Gasteiger partial charge in [0.05, 0.1) is 23.6 Å². The molecule has 0 fully saturated rings. The van der Waals surface area contributed by atoms with Crippen LogP contribution in [-0.4, -0.2) is 20.7 Å². The quantitative estimate of drug-likeness (QED) is 0.391. The molecule has 2 heterocycles. The first kappa shape index (κ1) is 22.0. The normalized spacial score (nSPS) is 11.9. The summed E-state index contributed by atoms with van der Waals surface area (Å²) in [4.78, 5) is 16.7. The van der Waals surface area contributed by atoms with Crippen LogP contribution in [-0.2, 0) is 11.4 Å². The Bertz CT molecular complexity index is 1220. The van der Waals surface area contributed by atoms with Gasteiger partial charge in [-0.3, -0.25) is 9.78 Å². The molecular formula is C27H26N4O2. The molecule has 0 aliphatic heterocycles. The number of carbonyl (C=O) groups excluding carboxylic acids is 1. The van der Waals surface area contributed by atoms with E-state index in [1.165, 1.54) is 6.08 Å². The molecule has 0 radical (unpaired) electrons. The number of para-hydroxylation sites is 1. The van der Waals surface area contributed by atoms with Crippen molar-refractivity contribution < 1.29 is 9.53 Å². The van der Waals surface area contributed by atoms with Gasteiger partial charge in [-0.25, -0.2) is 4.68 Å². The van der Waals surface area contributed by atoms with Gasteiger partial charge in [0.2, 0.25) is 5.91 Å². The first-order valence-corrected chi connectivity index (χ1v) is 10.8. The summed E-state index contributed by atoms with van der Waals surface area (Å²) in [6.45, 7) is 4.38. The molecule has 2 aromatic carbocycles. The summed E-state index contributed by atoms with van der Waals surface area (Å²) in [5.41, 5.74) is 4.76. The van der Waals surface area contributed by atoms with E-state index in [4.69, 9.17) is 4.74 Å². The predicted octanol–water partition coefficient (Wildman–Crippen LogP) is 5.05. The highest BCUT2D eigenvalue weighted by molar-refractivity contribution is 5.92. The SMILES string of the molecule is Cc1c(C(C)NC(=O)/C=C/c2ccc(OCc3ccccn3)cc2)cnn1-c1ccccc1. The van der Waals surface area contributed by atoms with Crippen LogP contribution >= 0.6 is 0 Å². The third-order valence-corrected chi connectivity index (χ3v) is 5.29. The molecule has 0 saturated heterocycles. The molecule has 0 saturated carbocycles. The van der Waals surface area contributed by atoms with Crippen LogP contribution in [0.15, 0.2) is 91.3 Å². The fraction of sp³-hybridized carbons (Fsp3) is 0.148. The van der Waals surface area contributed by atoms with Crippen LogP contribution in [0, 0.1) is 6.92 Å². The Kier molecular flexibility index (Phi) is 6.95. The van der Waals surface area contributed by atoms with Gasteiger partial charge in [0.15, 0.2) is 0 Å². The number of benzene rings is 2.